The molecule has 3 rings (SSSR count). The average Bonchev–Trinajstić information content (AvgIpc) is 3.13. The topological polar surface area (TPSA) is 102 Å². The third-order valence-corrected chi connectivity index (χ3v) is 5.04. The molecule has 9 heteroatoms. The molecule has 0 bridgehead atoms. The van der Waals surface area contributed by atoms with E-state index in [1.807, 2.05) is 30.3 Å². The molecular formula is C18H16FN3O4S. The summed E-state index contributed by atoms with van der Waals surface area (Å²) in [6, 6.07) is 14.3. The number of nitrogens with one attached hydrogen (secondary N) is 1. The van der Waals surface area contributed by atoms with Crippen LogP contribution in [-0.2, 0) is 33.4 Å². The van der Waals surface area contributed by atoms with Crippen LogP contribution >= 0.6 is 0 Å². The number of amides is 1. The van der Waals surface area contributed by atoms with E-state index in [0.29, 0.717) is 5.56 Å². The minimum atomic E-state index is -3.87. The predicted octanol–water partition coefficient (Wildman–Crippen LogP) is 2.04. The van der Waals surface area contributed by atoms with E-state index in [1.165, 1.54) is 24.3 Å². The molecular weight excluding hydrogens is 373 g/mol. The zero-order valence-corrected chi connectivity index (χ0v) is 14.9. The summed E-state index contributed by atoms with van der Waals surface area (Å²) in [5.74, 6) is -1.12. The Bertz CT molecular complexity index is 1020. The number of rotatable bonds is 7. The molecule has 0 aliphatic rings. The monoisotopic (exact) mass is 389 g/mol. The van der Waals surface area contributed by atoms with Crippen LogP contribution < -0.4 is 5.32 Å². The van der Waals surface area contributed by atoms with Gasteiger partial charge in [0.2, 0.25) is 21.6 Å². The van der Waals surface area contributed by atoms with Gasteiger partial charge < -0.3 is 9.73 Å². The highest BCUT2D eigenvalue weighted by molar-refractivity contribution is 7.90. The van der Waals surface area contributed by atoms with Gasteiger partial charge in [-0.15, -0.1) is 5.10 Å². The van der Waals surface area contributed by atoms with Crippen molar-refractivity contribution in [2.24, 2.45) is 0 Å². The summed E-state index contributed by atoms with van der Waals surface area (Å²) in [4.78, 5) is 11.9. The lowest BCUT2D eigenvalue weighted by molar-refractivity contribution is -0.120. The van der Waals surface area contributed by atoms with E-state index in [9.17, 15) is 17.6 Å². The van der Waals surface area contributed by atoms with Crippen molar-refractivity contribution in [3.63, 3.8) is 0 Å². The van der Waals surface area contributed by atoms with Gasteiger partial charge in [0, 0.05) is 0 Å². The lowest BCUT2D eigenvalue weighted by atomic mass is 10.1. The number of carbonyl (C=O) groups excluding carboxylic acids is 1. The summed E-state index contributed by atoms with van der Waals surface area (Å²) in [5, 5.41) is 9.23. The minimum Gasteiger partial charge on any atom is -0.411 e. The molecule has 0 saturated carbocycles. The highest BCUT2D eigenvalue weighted by Crippen LogP contribution is 2.15. The number of benzene rings is 2. The van der Waals surface area contributed by atoms with Gasteiger partial charge in [-0.1, -0.05) is 47.6 Å². The highest BCUT2D eigenvalue weighted by atomic mass is 32.2. The molecule has 1 N–H and O–H groups in total. The second kappa shape index (κ2) is 8.09. The van der Waals surface area contributed by atoms with Crippen molar-refractivity contribution < 1.29 is 22.0 Å². The number of halogens is 1. The Hall–Kier alpha value is -3.07. The van der Waals surface area contributed by atoms with E-state index in [2.05, 4.69) is 15.5 Å². The van der Waals surface area contributed by atoms with Crippen LogP contribution in [0, 0.1) is 5.82 Å². The van der Waals surface area contributed by atoms with Crippen molar-refractivity contribution in [2.45, 2.75) is 23.9 Å². The maximum absolute atomic E-state index is 12.9. The Kier molecular flexibility index (Phi) is 5.60. The summed E-state index contributed by atoms with van der Waals surface area (Å²) in [6.07, 6.45) is 0.185. The molecule has 0 aliphatic heterocycles. The largest absolute Gasteiger partial charge is 0.411 e. The fourth-order valence-corrected chi connectivity index (χ4v) is 3.46. The van der Waals surface area contributed by atoms with Gasteiger partial charge in [-0.2, -0.15) is 0 Å². The number of aromatic nitrogens is 2. The van der Waals surface area contributed by atoms with Crippen molar-refractivity contribution in [1.29, 1.82) is 0 Å². The SMILES string of the molecule is O=C(Cc1ccccc1)NCc1nnc(S(=O)(=O)Cc2ccc(F)cc2)o1. The third kappa shape index (κ3) is 5.20. The third-order valence-electron chi connectivity index (χ3n) is 3.63. The zero-order chi connectivity index (χ0) is 19.3. The van der Waals surface area contributed by atoms with E-state index >= 15 is 0 Å². The second-order valence-corrected chi connectivity index (χ2v) is 7.65. The smallest absolute Gasteiger partial charge is 0.335 e. The van der Waals surface area contributed by atoms with Gasteiger partial charge in [-0.05, 0) is 23.3 Å². The molecule has 1 aromatic heterocycles. The van der Waals surface area contributed by atoms with Crippen molar-refractivity contribution in [2.75, 3.05) is 0 Å². The highest BCUT2D eigenvalue weighted by Gasteiger charge is 2.23. The molecule has 140 valence electrons. The first-order chi connectivity index (χ1) is 12.9. The van der Waals surface area contributed by atoms with Gasteiger partial charge in [0.25, 0.3) is 0 Å². The van der Waals surface area contributed by atoms with Gasteiger partial charge in [-0.3, -0.25) is 4.79 Å². The fraction of sp³-hybridized carbons (Fsp3) is 0.167. The van der Waals surface area contributed by atoms with Crippen LogP contribution in [0.1, 0.15) is 17.0 Å². The molecule has 0 fully saturated rings. The number of sulfone groups is 1. The lowest BCUT2D eigenvalue weighted by Crippen LogP contribution is -2.24. The van der Waals surface area contributed by atoms with Crippen LogP contribution in [-0.4, -0.2) is 24.5 Å². The molecule has 1 heterocycles. The summed E-state index contributed by atoms with van der Waals surface area (Å²) in [5.41, 5.74) is 1.25. The molecule has 3 aromatic rings. The molecule has 7 nitrogen and oxygen atoms in total. The van der Waals surface area contributed by atoms with E-state index in [1.54, 1.807) is 0 Å². The Morgan fingerprint density at radius 2 is 1.70 bits per heavy atom. The van der Waals surface area contributed by atoms with E-state index < -0.39 is 26.6 Å². The zero-order valence-electron chi connectivity index (χ0n) is 14.1. The molecule has 27 heavy (non-hydrogen) atoms. The molecule has 2 aromatic carbocycles. The molecule has 0 unspecified atom stereocenters. The predicted molar refractivity (Wildman–Crippen MR) is 93.6 cm³/mol. The standard InChI is InChI=1S/C18H16FN3O4S/c19-15-8-6-14(7-9-15)12-27(24,25)18-22-21-17(26-18)11-20-16(23)10-13-4-2-1-3-5-13/h1-9H,10-12H2,(H,20,23). The lowest BCUT2D eigenvalue weighted by Gasteiger charge is -2.02. The first kappa shape index (κ1) is 18.7. The Morgan fingerprint density at radius 3 is 2.41 bits per heavy atom. The van der Waals surface area contributed by atoms with Crippen LogP contribution in [0.4, 0.5) is 4.39 Å². The Labute approximate surface area is 155 Å². The van der Waals surface area contributed by atoms with Crippen molar-refractivity contribution in [1.82, 2.24) is 15.5 Å². The van der Waals surface area contributed by atoms with E-state index in [-0.39, 0.29) is 24.8 Å². The van der Waals surface area contributed by atoms with Gasteiger partial charge in [0.15, 0.2) is 0 Å². The van der Waals surface area contributed by atoms with Gasteiger partial charge in [-0.25, -0.2) is 12.8 Å². The Balaban J connectivity index is 1.58. The molecule has 0 spiro atoms. The molecule has 0 radical (unpaired) electrons. The van der Waals surface area contributed by atoms with E-state index in [0.717, 1.165) is 5.56 Å². The van der Waals surface area contributed by atoms with Gasteiger partial charge in [0.1, 0.15) is 5.82 Å². The number of carbonyl (C=O) groups is 1. The van der Waals surface area contributed by atoms with Gasteiger partial charge in [0.05, 0.1) is 18.7 Å². The summed E-state index contributed by atoms with van der Waals surface area (Å²) < 4.78 is 42.7. The summed E-state index contributed by atoms with van der Waals surface area (Å²) >= 11 is 0. The maximum atomic E-state index is 12.9. The first-order valence-corrected chi connectivity index (χ1v) is 9.68. The molecule has 1 amide bonds. The van der Waals surface area contributed by atoms with Crippen LogP contribution in [0.5, 0.6) is 0 Å². The second-order valence-electron chi connectivity index (χ2n) is 5.79. The number of nitrogens with zero attached hydrogens (tertiary/aromatic N) is 2. The molecule has 0 saturated heterocycles. The van der Waals surface area contributed by atoms with Crippen LogP contribution in [0.25, 0.3) is 0 Å². The van der Waals surface area contributed by atoms with Crippen molar-refractivity contribution >= 4 is 15.7 Å². The fourth-order valence-electron chi connectivity index (χ4n) is 2.32. The average molecular weight is 389 g/mol. The summed E-state index contributed by atoms with van der Waals surface area (Å²) in [6.45, 7) is -0.0786. The number of hydrogen-bond acceptors (Lipinski definition) is 6. The van der Waals surface area contributed by atoms with Crippen LogP contribution in [0.15, 0.2) is 64.2 Å². The Morgan fingerprint density at radius 1 is 1.00 bits per heavy atom. The minimum absolute atomic E-state index is 0.0194. The van der Waals surface area contributed by atoms with Crippen LogP contribution in [0.3, 0.4) is 0 Å². The first-order valence-electron chi connectivity index (χ1n) is 8.02. The summed E-state index contributed by atoms with van der Waals surface area (Å²) in [7, 11) is -3.87. The van der Waals surface area contributed by atoms with Crippen molar-refractivity contribution in [3.8, 4) is 0 Å². The molecule has 0 atom stereocenters. The van der Waals surface area contributed by atoms with Gasteiger partial charge >= 0.3 is 5.22 Å². The quantitative estimate of drug-likeness (QED) is 0.663. The number of hydrogen-bond donors (Lipinski definition) is 1. The van der Waals surface area contributed by atoms with Crippen LogP contribution in [0.2, 0.25) is 0 Å². The maximum Gasteiger partial charge on any atom is 0.335 e. The normalized spacial score (nSPS) is 11.3. The van der Waals surface area contributed by atoms with E-state index in [4.69, 9.17) is 4.42 Å². The molecule has 0 aliphatic carbocycles. The van der Waals surface area contributed by atoms with Crippen molar-refractivity contribution in [3.05, 3.63) is 77.4 Å².